The highest BCUT2D eigenvalue weighted by Gasteiger charge is 2.33. The van der Waals surface area contributed by atoms with Gasteiger partial charge in [0.15, 0.2) is 0 Å². The lowest BCUT2D eigenvalue weighted by molar-refractivity contribution is -0.137. The van der Waals surface area contributed by atoms with Crippen molar-refractivity contribution in [2.24, 2.45) is 0 Å². The number of likely N-dealkylation sites (tertiary alicyclic amines) is 1. The van der Waals surface area contributed by atoms with E-state index in [2.05, 4.69) is 15.5 Å². The molecule has 3 rings (SSSR count). The summed E-state index contributed by atoms with van der Waals surface area (Å²) < 4.78 is 39.6. The Morgan fingerprint density at radius 3 is 2.34 bits per heavy atom. The number of halogens is 3. The van der Waals surface area contributed by atoms with Gasteiger partial charge in [-0.1, -0.05) is 36.8 Å². The van der Waals surface area contributed by atoms with E-state index >= 15 is 0 Å². The number of amides is 2. The molecule has 2 amide bonds. The number of benzene rings is 2. The average Bonchev–Trinajstić information content (AvgIpc) is 2.72. The van der Waals surface area contributed by atoms with Gasteiger partial charge in [0.25, 0.3) is 0 Å². The van der Waals surface area contributed by atoms with Crippen molar-refractivity contribution in [1.82, 2.24) is 10.2 Å². The minimum absolute atomic E-state index is 0.119. The minimum Gasteiger partial charge on any atom is -0.338 e. The van der Waals surface area contributed by atoms with E-state index in [0.717, 1.165) is 32.1 Å². The first-order valence-corrected chi connectivity index (χ1v) is 9.97. The van der Waals surface area contributed by atoms with E-state index in [1.54, 1.807) is 30.3 Å². The van der Waals surface area contributed by atoms with Crippen molar-refractivity contribution in [3.05, 3.63) is 54.1 Å². The molecule has 7 heteroatoms. The Bertz CT molecular complexity index is 800. The largest absolute Gasteiger partial charge is 0.417 e. The summed E-state index contributed by atoms with van der Waals surface area (Å²) in [6.45, 7) is 3.83. The summed E-state index contributed by atoms with van der Waals surface area (Å²) in [4.78, 5) is 14.4. The summed E-state index contributed by atoms with van der Waals surface area (Å²) in [7, 11) is 0. The molecule has 2 aromatic rings. The van der Waals surface area contributed by atoms with E-state index in [1.165, 1.54) is 31.4 Å². The predicted octanol–water partition coefficient (Wildman–Crippen LogP) is 5.37. The van der Waals surface area contributed by atoms with Crippen molar-refractivity contribution in [3.8, 4) is 11.1 Å². The fraction of sp³-hybridized carbons (Fsp3) is 0.409. The normalized spacial score (nSPS) is 15.1. The maximum Gasteiger partial charge on any atom is 0.417 e. The third kappa shape index (κ3) is 6.22. The highest BCUT2D eigenvalue weighted by molar-refractivity contribution is 5.89. The van der Waals surface area contributed by atoms with Crippen LogP contribution in [0.2, 0.25) is 0 Å². The molecule has 1 saturated heterocycles. The highest BCUT2D eigenvalue weighted by atomic mass is 19.4. The molecule has 0 saturated carbocycles. The summed E-state index contributed by atoms with van der Waals surface area (Å²) in [5.41, 5.74) is 0.429. The number of carbonyl (C=O) groups is 1. The Hall–Kier alpha value is -2.54. The molecule has 0 bridgehead atoms. The van der Waals surface area contributed by atoms with Gasteiger partial charge in [-0.05, 0) is 68.2 Å². The van der Waals surface area contributed by atoms with Crippen LogP contribution in [0.5, 0.6) is 0 Å². The number of urea groups is 1. The zero-order valence-corrected chi connectivity index (χ0v) is 16.3. The van der Waals surface area contributed by atoms with Crippen LogP contribution < -0.4 is 10.6 Å². The molecular weight excluding hydrogens is 379 g/mol. The second-order valence-electron chi connectivity index (χ2n) is 7.26. The molecule has 2 aromatic carbocycles. The topological polar surface area (TPSA) is 44.4 Å². The molecular formula is C22H26F3N3O. The van der Waals surface area contributed by atoms with Gasteiger partial charge in [0, 0.05) is 12.2 Å². The Morgan fingerprint density at radius 2 is 1.66 bits per heavy atom. The molecule has 1 heterocycles. The quantitative estimate of drug-likeness (QED) is 0.635. The Balaban J connectivity index is 1.50. The lowest BCUT2D eigenvalue weighted by atomic mass is 9.99. The van der Waals surface area contributed by atoms with E-state index in [-0.39, 0.29) is 11.6 Å². The van der Waals surface area contributed by atoms with Gasteiger partial charge in [-0.2, -0.15) is 13.2 Å². The van der Waals surface area contributed by atoms with Gasteiger partial charge < -0.3 is 15.5 Å². The summed E-state index contributed by atoms with van der Waals surface area (Å²) in [5, 5.41) is 5.54. The fourth-order valence-electron chi connectivity index (χ4n) is 3.58. The summed E-state index contributed by atoms with van der Waals surface area (Å²) in [5.74, 6) is 0. The van der Waals surface area contributed by atoms with Crippen LogP contribution in [-0.4, -0.2) is 37.1 Å². The molecule has 1 aliphatic heterocycles. The van der Waals surface area contributed by atoms with Crippen molar-refractivity contribution in [2.75, 3.05) is 31.5 Å². The first kappa shape index (κ1) is 21.2. The Kier molecular flexibility index (Phi) is 7.14. The van der Waals surface area contributed by atoms with Crippen LogP contribution in [-0.2, 0) is 6.18 Å². The van der Waals surface area contributed by atoms with Gasteiger partial charge >= 0.3 is 12.2 Å². The molecule has 0 spiro atoms. The van der Waals surface area contributed by atoms with Crippen LogP contribution in [0.15, 0.2) is 48.5 Å². The van der Waals surface area contributed by atoms with E-state index in [4.69, 9.17) is 0 Å². The lowest BCUT2D eigenvalue weighted by Gasteiger charge is -2.26. The smallest absolute Gasteiger partial charge is 0.338 e. The molecule has 4 nitrogen and oxygen atoms in total. The monoisotopic (exact) mass is 405 g/mol. The summed E-state index contributed by atoms with van der Waals surface area (Å²) in [6, 6.07) is 11.5. The van der Waals surface area contributed by atoms with Crippen molar-refractivity contribution < 1.29 is 18.0 Å². The van der Waals surface area contributed by atoms with Crippen molar-refractivity contribution in [2.45, 2.75) is 31.9 Å². The molecule has 0 aromatic heterocycles. The van der Waals surface area contributed by atoms with Gasteiger partial charge in [-0.25, -0.2) is 4.79 Å². The number of carbonyl (C=O) groups excluding carboxylic acids is 1. The van der Waals surface area contributed by atoms with E-state index in [9.17, 15) is 18.0 Å². The lowest BCUT2D eigenvalue weighted by Crippen LogP contribution is -2.34. The number of nitrogens with one attached hydrogen (secondary N) is 2. The standard InChI is InChI=1S/C22H26F3N3O/c23-22(24,25)20-8-3-2-7-19(20)17-9-11-18(12-10-17)27-21(29)26-13-6-16-28-14-4-1-5-15-28/h2-3,7-12H,1,4-6,13-16H2,(H2,26,27,29). The third-order valence-electron chi connectivity index (χ3n) is 5.07. The Labute approximate surface area is 169 Å². The zero-order valence-electron chi connectivity index (χ0n) is 16.3. The van der Waals surface area contributed by atoms with Crippen LogP contribution in [0.25, 0.3) is 11.1 Å². The summed E-state index contributed by atoms with van der Waals surface area (Å²) >= 11 is 0. The SMILES string of the molecule is O=C(NCCCN1CCCCC1)Nc1ccc(-c2ccccc2C(F)(F)F)cc1. The number of nitrogens with zero attached hydrogens (tertiary/aromatic N) is 1. The van der Waals surface area contributed by atoms with Crippen molar-refractivity contribution >= 4 is 11.7 Å². The average molecular weight is 405 g/mol. The predicted molar refractivity (Wildman–Crippen MR) is 109 cm³/mol. The molecule has 0 unspecified atom stereocenters. The molecule has 2 N–H and O–H groups in total. The Morgan fingerprint density at radius 1 is 0.966 bits per heavy atom. The second kappa shape index (κ2) is 9.78. The van der Waals surface area contributed by atoms with Gasteiger partial charge in [0.1, 0.15) is 0 Å². The van der Waals surface area contributed by atoms with E-state index in [0.29, 0.717) is 17.8 Å². The molecule has 0 radical (unpaired) electrons. The third-order valence-corrected chi connectivity index (χ3v) is 5.07. The molecule has 29 heavy (non-hydrogen) atoms. The van der Waals surface area contributed by atoms with Gasteiger partial charge in [0.2, 0.25) is 0 Å². The van der Waals surface area contributed by atoms with E-state index in [1.807, 2.05) is 0 Å². The first-order chi connectivity index (χ1) is 13.9. The summed E-state index contributed by atoms with van der Waals surface area (Å²) in [6.07, 6.45) is 0.272. The van der Waals surface area contributed by atoms with Gasteiger partial charge in [-0.15, -0.1) is 0 Å². The van der Waals surface area contributed by atoms with E-state index < -0.39 is 11.7 Å². The minimum atomic E-state index is -4.42. The van der Waals surface area contributed by atoms with Crippen LogP contribution in [0.4, 0.5) is 23.7 Å². The molecule has 0 aliphatic carbocycles. The number of anilines is 1. The first-order valence-electron chi connectivity index (χ1n) is 9.97. The van der Waals surface area contributed by atoms with Crippen LogP contribution in [0.1, 0.15) is 31.2 Å². The maximum atomic E-state index is 13.2. The number of rotatable bonds is 6. The van der Waals surface area contributed by atoms with Crippen LogP contribution in [0.3, 0.4) is 0 Å². The van der Waals surface area contributed by atoms with Crippen LogP contribution >= 0.6 is 0 Å². The van der Waals surface area contributed by atoms with Gasteiger partial charge in [0.05, 0.1) is 5.56 Å². The fourth-order valence-corrected chi connectivity index (χ4v) is 3.58. The number of hydrogen-bond donors (Lipinski definition) is 2. The molecule has 1 fully saturated rings. The molecule has 0 atom stereocenters. The number of piperidine rings is 1. The zero-order chi connectivity index (χ0) is 20.7. The number of alkyl halides is 3. The maximum absolute atomic E-state index is 13.2. The van der Waals surface area contributed by atoms with Crippen molar-refractivity contribution in [1.29, 1.82) is 0 Å². The van der Waals surface area contributed by atoms with Crippen molar-refractivity contribution in [3.63, 3.8) is 0 Å². The second-order valence-corrected chi connectivity index (χ2v) is 7.26. The highest BCUT2D eigenvalue weighted by Crippen LogP contribution is 2.37. The number of hydrogen-bond acceptors (Lipinski definition) is 2. The molecule has 156 valence electrons. The van der Waals surface area contributed by atoms with Gasteiger partial charge in [-0.3, -0.25) is 0 Å². The molecule has 1 aliphatic rings. The van der Waals surface area contributed by atoms with Crippen LogP contribution in [0, 0.1) is 0 Å².